The SMILES string of the molecule is CC(C)NCC1=CC=NC1. The fourth-order valence-electron chi connectivity index (χ4n) is 0.831. The summed E-state index contributed by atoms with van der Waals surface area (Å²) in [4.78, 5) is 4.09. The molecular weight excluding hydrogens is 124 g/mol. The number of rotatable bonds is 3. The maximum atomic E-state index is 4.09. The first-order valence-electron chi connectivity index (χ1n) is 3.70. The summed E-state index contributed by atoms with van der Waals surface area (Å²) in [5, 5.41) is 3.34. The Balaban J connectivity index is 2.15. The second-order valence-electron chi connectivity index (χ2n) is 2.85. The van der Waals surface area contributed by atoms with Gasteiger partial charge >= 0.3 is 0 Å². The van der Waals surface area contributed by atoms with Crippen LogP contribution in [0.5, 0.6) is 0 Å². The first-order chi connectivity index (χ1) is 4.79. The standard InChI is InChI=1S/C8H14N2/c1-7(2)10-6-8-3-4-9-5-8/h3-4,7,10H,5-6H2,1-2H3. The van der Waals surface area contributed by atoms with Crippen molar-refractivity contribution in [2.75, 3.05) is 13.1 Å². The van der Waals surface area contributed by atoms with E-state index in [1.807, 2.05) is 6.21 Å². The number of nitrogens with zero attached hydrogens (tertiary/aromatic N) is 1. The van der Waals surface area contributed by atoms with Gasteiger partial charge in [-0.25, -0.2) is 0 Å². The van der Waals surface area contributed by atoms with Crippen LogP contribution >= 0.6 is 0 Å². The van der Waals surface area contributed by atoms with Crippen LogP contribution in [0.1, 0.15) is 13.8 Å². The Labute approximate surface area is 62.0 Å². The average molecular weight is 138 g/mol. The van der Waals surface area contributed by atoms with Gasteiger partial charge in [0.15, 0.2) is 0 Å². The van der Waals surface area contributed by atoms with Gasteiger partial charge in [0, 0.05) is 18.8 Å². The summed E-state index contributed by atoms with van der Waals surface area (Å²) >= 11 is 0. The Morgan fingerprint density at radius 2 is 2.50 bits per heavy atom. The monoisotopic (exact) mass is 138 g/mol. The lowest BCUT2D eigenvalue weighted by Gasteiger charge is -2.07. The van der Waals surface area contributed by atoms with Crippen LogP contribution in [0.15, 0.2) is 16.6 Å². The second kappa shape index (κ2) is 3.52. The number of aliphatic imine (C=N–C) groups is 1. The zero-order valence-electron chi connectivity index (χ0n) is 6.59. The number of hydrogen-bond donors (Lipinski definition) is 1. The molecule has 2 heteroatoms. The zero-order valence-corrected chi connectivity index (χ0v) is 6.59. The van der Waals surface area contributed by atoms with Crippen LogP contribution in [0, 0.1) is 0 Å². The van der Waals surface area contributed by atoms with Gasteiger partial charge in [0.1, 0.15) is 0 Å². The van der Waals surface area contributed by atoms with Gasteiger partial charge in [-0.15, -0.1) is 0 Å². The molecule has 0 saturated heterocycles. The summed E-state index contributed by atoms with van der Waals surface area (Å²) in [5.41, 5.74) is 1.38. The zero-order chi connectivity index (χ0) is 7.40. The van der Waals surface area contributed by atoms with E-state index in [1.54, 1.807) is 0 Å². The van der Waals surface area contributed by atoms with E-state index in [-0.39, 0.29) is 0 Å². The third-order valence-corrected chi connectivity index (χ3v) is 1.45. The van der Waals surface area contributed by atoms with Gasteiger partial charge in [0.2, 0.25) is 0 Å². The van der Waals surface area contributed by atoms with E-state index >= 15 is 0 Å². The van der Waals surface area contributed by atoms with Crippen LogP contribution < -0.4 is 5.32 Å². The van der Waals surface area contributed by atoms with Gasteiger partial charge in [-0.1, -0.05) is 13.8 Å². The molecule has 1 aliphatic heterocycles. The fourth-order valence-corrected chi connectivity index (χ4v) is 0.831. The lowest BCUT2D eigenvalue weighted by Crippen LogP contribution is -2.25. The van der Waals surface area contributed by atoms with Gasteiger partial charge < -0.3 is 5.32 Å². The van der Waals surface area contributed by atoms with E-state index in [2.05, 4.69) is 30.2 Å². The summed E-state index contributed by atoms with van der Waals surface area (Å²) in [5.74, 6) is 0. The molecule has 0 unspecified atom stereocenters. The molecule has 0 aromatic rings. The molecule has 1 N–H and O–H groups in total. The summed E-state index contributed by atoms with van der Waals surface area (Å²) in [7, 11) is 0. The first-order valence-corrected chi connectivity index (χ1v) is 3.70. The van der Waals surface area contributed by atoms with Crippen molar-refractivity contribution >= 4 is 6.21 Å². The Hall–Kier alpha value is -0.630. The van der Waals surface area contributed by atoms with Crippen LogP contribution in [0.2, 0.25) is 0 Å². The van der Waals surface area contributed by atoms with Crippen molar-refractivity contribution in [2.45, 2.75) is 19.9 Å². The topological polar surface area (TPSA) is 24.4 Å². The third-order valence-electron chi connectivity index (χ3n) is 1.45. The number of allylic oxidation sites excluding steroid dienone is 1. The van der Waals surface area contributed by atoms with Crippen LogP contribution in [0.25, 0.3) is 0 Å². The van der Waals surface area contributed by atoms with Crippen molar-refractivity contribution in [2.24, 2.45) is 4.99 Å². The molecule has 0 amide bonds. The van der Waals surface area contributed by atoms with E-state index in [1.165, 1.54) is 5.57 Å². The quantitative estimate of drug-likeness (QED) is 0.618. The van der Waals surface area contributed by atoms with Gasteiger partial charge in [-0.3, -0.25) is 4.99 Å². The molecule has 0 saturated carbocycles. The summed E-state index contributed by atoms with van der Waals surface area (Å²) < 4.78 is 0. The summed E-state index contributed by atoms with van der Waals surface area (Å²) in [6.45, 7) is 6.17. The van der Waals surface area contributed by atoms with Crippen molar-refractivity contribution in [3.8, 4) is 0 Å². The number of nitrogens with one attached hydrogen (secondary N) is 1. The largest absolute Gasteiger partial charge is 0.311 e. The maximum absolute atomic E-state index is 4.09. The molecule has 1 heterocycles. The van der Waals surface area contributed by atoms with Crippen molar-refractivity contribution in [3.05, 3.63) is 11.6 Å². The predicted octanol–water partition coefficient (Wildman–Crippen LogP) is 0.995. The highest BCUT2D eigenvalue weighted by Gasteiger charge is 1.99. The van der Waals surface area contributed by atoms with E-state index in [4.69, 9.17) is 0 Å². The average Bonchev–Trinajstić information content (AvgIpc) is 2.34. The van der Waals surface area contributed by atoms with Crippen molar-refractivity contribution < 1.29 is 0 Å². The van der Waals surface area contributed by atoms with Crippen LogP contribution in [0.3, 0.4) is 0 Å². The molecule has 0 fully saturated rings. The molecule has 0 radical (unpaired) electrons. The minimum atomic E-state index is 0.571. The minimum absolute atomic E-state index is 0.571. The molecule has 0 aliphatic carbocycles. The van der Waals surface area contributed by atoms with Crippen LogP contribution in [-0.2, 0) is 0 Å². The smallest absolute Gasteiger partial charge is 0.0615 e. The lowest BCUT2D eigenvalue weighted by molar-refractivity contribution is 0.619. The lowest BCUT2D eigenvalue weighted by atomic mass is 10.2. The first kappa shape index (κ1) is 7.48. The van der Waals surface area contributed by atoms with Crippen molar-refractivity contribution in [1.82, 2.24) is 5.32 Å². The molecule has 0 spiro atoms. The fraction of sp³-hybridized carbons (Fsp3) is 0.625. The van der Waals surface area contributed by atoms with E-state index in [0.717, 1.165) is 13.1 Å². The maximum Gasteiger partial charge on any atom is 0.0615 e. The minimum Gasteiger partial charge on any atom is -0.311 e. The van der Waals surface area contributed by atoms with E-state index in [9.17, 15) is 0 Å². The van der Waals surface area contributed by atoms with E-state index in [0.29, 0.717) is 6.04 Å². The summed E-state index contributed by atoms with van der Waals surface area (Å²) in [6, 6.07) is 0.571. The Morgan fingerprint density at radius 3 is 3.00 bits per heavy atom. The van der Waals surface area contributed by atoms with Crippen LogP contribution in [-0.4, -0.2) is 25.3 Å². The molecule has 0 aromatic heterocycles. The van der Waals surface area contributed by atoms with Crippen molar-refractivity contribution in [3.63, 3.8) is 0 Å². The molecular formula is C8H14N2. The molecule has 0 aromatic carbocycles. The molecule has 1 rings (SSSR count). The molecule has 0 bridgehead atoms. The highest BCUT2D eigenvalue weighted by molar-refractivity contribution is 5.75. The van der Waals surface area contributed by atoms with Crippen molar-refractivity contribution in [1.29, 1.82) is 0 Å². The highest BCUT2D eigenvalue weighted by atomic mass is 14.9. The van der Waals surface area contributed by atoms with Crippen LogP contribution in [0.4, 0.5) is 0 Å². The Kier molecular flexibility index (Phi) is 2.63. The molecule has 1 aliphatic rings. The summed E-state index contributed by atoms with van der Waals surface area (Å²) in [6.07, 6.45) is 3.95. The highest BCUT2D eigenvalue weighted by Crippen LogP contribution is 1.98. The van der Waals surface area contributed by atoms with Gasteiger partial charge in [-0.05, 0) is 11.6 Å². The molecule has 56 valence electrons. The molecule has 2 nitrogen and oxygen atoms in total. The third kappa shape index (κ3) is 2.31. The van der Waals surface area contributed by atoms with Gasteiger partial charge in [-0.2, -0.15) is 0 Å². The van der Waals surface area contributed by atoms with Gasteiger partial charge in [0.25, 0.3) is 0 Å². The van der Waals surface area contributed by atoms with E-state index < -0.39 is 0 Å². The normalized spacial score (nSPS) is 16.5. The number of hydrogen-bond acceptors (Lipinski definition) is 2. The molecule has 0 atom stereocenters. The second-order valence-corrected chi connectivity index (χ2v) is 2.85. The Bertz CT molecular complexity index is 157. The Morgan fingerprint density at radius 1 is 1.70 bits per heavy atom. The molecule has 10 heavy (non-hydrogen) atoms. The van der Waals surface area contributed by atoms with Gasteiger partial charge in [0.05, 0.1) is 6.54 Å². The predicted molar refractivity (Wildman–Crippen MR) is 44.6 cm³/mol.